The van der Waals surface area contributed by atoms with Crippen LogP contribution < -0.4 is 15.4 Å². The second kappa shape index (κ2) is 10.1. The van der Waals surface area contributed by atoms with Crippen LogP contribution in [0.25, 0.3) is 0 Å². The highest BCUT2D eigenvalue weighted by atomic mass is 32.2. The van der Waals surface area contributed by atoms with Gasteiger partial charge in [0.05, 0.1) is 18.0 Å². The number of hydrogen-bond donors (Lipinski definition) is 2. The van der Waals surface area contributed by atoms with Gasteiger partial charge in [-0.3, -0.25) is 4.79 Å². The van der Waals surface area contributed by atoms with Crippen molar-refractivity contribution in [3.63, 3.8) is 0 Å². The highest BCUT2D eigenvalue weighted by Crippen LogP contribution is 2.32. The molecule has 3 rings (SSSR count). The third-order valence-electron chi connectivity index (χ3n) is 5.21. The van der Waals surface area contributed by atoms with E-state index in [0.29, 0.717) is 35.4 Å². The first-order chi connectivity index (χ1) is 13.6. The van der Waals surface area contributed by atoms with Crippen molar-refractivity contribution in [1.82, 2.24) is 15.5 Å². The molecule has 1 aromatic carbocycles. The Bertz CT molecular complexity index is 783. The van der Waals surface area contributed by atoms with Crippen LogP contribution in [0, 0.1) is 11.8 Å². The molecule has 1 fully saturated rings. The zero-order valence-electron chi connectivity index (χ0n) is 16.6. The third kappa shape index (κ3) is 5.61. The van der Waals surface area contributed by atoms with Gasteiger partial charge in [0.2, 0.25) is 11.0 Å². The Hall–Kier alpha value is -1.80. The predicted octanol–water partition coefficient (Wildman–Crippen LogP) is 4.71. The minimum atomic E-state index is 0.0716. The monoisotopic (exact) mass is 420 g/mol. The molecule has 1 aliphatic carbocycles. The molecule has 1 aliphatic rings. The van der Waals surface area contributed by atoms with Gasteiger partial charge in [0, 0.05) is 6.04 Å². The van der Waals surface area contributed by atoms with Crippen LogP contribution in [0.4, 0.5) is 10.8 Å². The molecule has 2 N–H and O–H groups in total. The van der Waals surface area contributed by atoms with Crippen molar-refractivity contribution in [1.29, 1.82) is 0 Å². The van der Waals surface area contributed by atoms with E-state index in [4.69, 9.17) is 4.74 Å². The van der Waals surface area contributed by atoms with E-state index in [9.17, 15) is 4.79 Å². The molecule has 1 aromatic heterocycles. The number of rotatable bonds is 8. The fourth-order valence-electron chi connectivity index (χ4n) is 3.45. The molecule has 0 bridgehead atoms. The van der Waals surface area contributed by atoms with Gasteiger partial charge in [-0.05, 0) is 37.3 Å². The van der Waals surface area contributed by atoms with E-state index < -0.39 is 0 Å². The van der Waals surface area contributed by atoms with Gasteiger partial charge in [-0.2, -0.15) is 0 Å². The minimum absolute atomic E-state index is 0.0716. The molecule has 1 saturated carbocycles. The van der Waals surface area contributed by atoms with Crippen molar-refractivity contribution in [3.8, 4) is 5.75 Å². The van der Waals surface area contributed by atoms with Crippen molar-refractivity contribution < 1.29 is 9.53 Å². The number of para-hydroxylation sites is 2. The summed E-state index contributed by atoms with van der Waals surface area (Å²) in [6.07, 6.45) is 3.53. The van der Waals surface area contributed by atoms with Crippen LogP contribution in [-0.2, 0) is 4.79 Å². The van der Waals surface area contributed by atoms with Crippen LogP contribution >= 0.6 is 23.1 Å². The van der Waals surface area contributed by atoms with Crippen molar-refractivity contribution in [2.75, 3.05) is 17.7 Å². The Morgan fingerprint density at radius 3 is 2.93 bits per heavy atom. The SMILES string of the molecule is CCOc1ccccc1Nc1nnc(SCC(=O)NC2CCCC(C)C2C)s1. The zero-order valence-corrected chi connectivity index (χ0v) is 18.2. The maximum Gasteiger partial charge on any atom is 0.230 e. The molecule has 0 radical (unpaired) electrons. The molecule has 0 spiro atoms. The standard InChI is InChI=1S/C20H28N4O2S2/c1-4-26-17-11-6-5-9-16(17)22-19-23-24-20(28-19)27-12-18(25)21-15-10-7-8-13(2)14(15)3/h5-6,9,11,13-15H,4,7-8,10,12H2,1-3H3,(H,21,25)(H,22,23). The lowest BCUT2D eigenvalue weighted by atomic mass is 9.78. The first kappa shape index (κ1) is 20.9. The molecule has 0 aliphatic heterocycles. The van der Waals surface area contributed by atoms with E-state index in [1.165, 1.54) is 35.9 Å². The molecular formula is C20H28N4O2S2. The number of aromatic nitrogens is 2. The zero-order chi connectivity index (χ0) is 19.9. The maximum atomic E-state index is 12.3. The maximum absolute atomic E-state index is 12.3. The number of thioether (sulfide) groups is 1. The summed E-state index contributed by atoms with van der Waals surface area (Å²) in [6.45, 7) is 7.07. The number of benzene rings is 1. The summed E-state index contributed by atoms with van der Waals surface area (Å²) in [5, 5.41) is 15.5. The summed E-state index contributed by atoms with van der Waals surface area (Å²) in [5.74, 6) is 2.42. The largest absolute Gasteiger partial charge is 0.492 e. The van der Waals surface area contributed by atoms with Gasteiger partial charge >= 0.3 is 0 Å². The molecule has 6 nitrogen and oxygen atoms in total. The van der Waals surface area contributed by atoms with Gasteiger partial charge in [-0.15, -0.1) is 10.2 Å². The number of ether oxygens (including phenoxy) is 1. The van der Waals surface area contributed by atoms with E-state index in [0.717, 1.165) is 22.2 Å². The second-order valence-corrected chi connectivity index (χ2v) is 9.36. The van der Waals surface area contributed by atoms with Crippen LogP contribution in [0.3, 0.4) is 0 Å². The summed E-state index contributed by atoms with van der Waals surface area (Å²) >= 11 is 2.86. The average molecular weight is 421 g/mol. The van der Waals surface area contributed by atoms with Crippen molar-refractivity contribution in [2.45, 2.75) is 50.4 Å². The van der Waals surface area contributed by atoms with Gasteiger partial charge in [-0.25, -0.2) is 0 Å². The molecule has 28 heavy (non-hydrogen) atoms. The molecule has 2 aromatic rings. The van der Waals surface area contributed by atoms with E-state index in [-0.39, 0.29) is 5.91 Å². The van der Waals surface area contributed by atoms with Crippen molar-refractivity contribution in [2.24, 2.45) is 11.8 Å². The lowest BCUT2D eigenvalue weighted by molar-refractivity contribution is -0.119. The number of carbonyl (C=O) groups is 1. The first-order valence-corrected chi connectivity index (χ1v) is 11.6. The van der Waals surface area contributed by atoms with Gasteiger partial charge < -0.3 is 15.4 Å². The van der Waals surface area contributed by atoms with Gasteiger partial charge in [-0.1, -0.05) is 61.9 Å². The number of amides is 1. The normalized spacial score (nSPS) is 21.9. The highest BCUT2D eigenvalue weighted by molar-refractivity contribution is 8.01. The third-order valence-corrected chi connectivity index (χ3v) is 7.19. The number of carbonyl (C=O) groups excluding carboxylic acids is 1. The Labute approximate surface area is 174 Å². The molecule has 1 amide bonds. The quantitative estimate of drug-likeness (QED) is 0.602. The lowest BCUT2D eigenvalue weighted by Crippen LogP contribution is -2.44. The fraction of sp³-hybridized carbons (Fsp3) is 0.550. The van der Waals surface area contributed by atoms with Crippen LogP contribution in [0.15, 0.2) is 28.6 Å². The molecule has 3 atom stereocenters. The molecule has 0 saturated heterocycles. The average Bonchev–Trinajstić information content (AvgIpc) is 3.13. The van der Waals surface area contributed by atoms with Gasteiger partial charge in [0.25, 0.3) is 0 Å². The molecule has 8 heteroatoms. The number of hydrogen-bond acceptors (Lipinski definition) is 7. The number of nitrogens with one attached hydrogen (secondary N) is 2. The first-order valence-electron chi connectivity index (χ1n) is 9.81. The van der Waals surface area contributed by atoms with Crippen molar-refractivity contribution in [3.05, 3.63) is 24.3 Å². The molecule has 152 valence electrons. The van der Waals surface area contributed by atoms with Gasteiger partial charge in [0.15, 0.2) is 4.34 Å². The molecule has 1 heterocycles. The Balaban J connectivity index is 1.50. The highest BCUT2D eigenvalue weighted by Gasteiger charge is 2.28. The van der Waals surface area contributed by atoms with Crippen molar-refractivity contribution >= 4 is 39.8 Å². The number of anilines is 2. The smallest absolute Gasteiger partial charge is 0.230 e. The topological polar surface area (TPSA) is 76.1 Å². The van der Waals surface area contributed by atoms with E-state index >= 15 is 0 Å². The summed E-state index contributed by atoms with van der Waals surface area (Å²) < 4.78 is 6.39. The second-order valence-electron chi connectivity index (χ2n) is 7.16. The van der Waals surface area contributed by atoms with E-state index in [2.05, 4.69) is 34.7 Å². The Morgan fingerprint density at radius 1 is 1.29 bits per heavy atom. The molecular weight excluding hydrogens is 392 g/mol. The summed E-state index contributed by atoms with van der Waals surface area (Å²) in [4.78, 5) is 12.3. The summed E-state index contributed by atoms with van der Waals surface area (Å²) in [5.41, 5.74) is 0.857. The number of nitrogens with zero attached hydrogens (tertiary/aromatic N) is 2. The fourth-order valence-corrected chi connectivity index (χ4v) is 5.02. The Morgan fingerprint density at radius 2 is 2.11 bits per heavy atom. The van der Waals surface area contributed by atoms with Gasteiger partial charge in [0.1, 0.15) is 5.75 Å². The Kier molecular flexibility index (Phi) is 7.56. The van der Waals surface area contributed by atoms with Crippen LogP contribution in [-0.4, -0.2) is 34.5 Å². The van der Waals surface area contributed by atoms with E-state index in [1.54, 1.807) is 0 Å². The predicted molar refractivity (Wildman–Crippen MR) is 116 cm³/mol. The van der Waals surface area contributed by atoms with Crippen LogP contribution in [0.1, 0.15) is 40.0 Å². The van der Waals surface area contributed by atoms with Crippen LogP contribution in [0.2, 0.25) is 0 Å². The molecule has 3 unspecified atom stereocenters. The van der Waals surface area contributed by atoms with Crippen LogP contribution in [0.5, 0.6) is 5.75 Å². The van der Waals surface area contributed by atoms with E-state index in [1.807, 2.05) is 31.2 Å². The summed E-state index contributed by atoms with van der Waals surface area (Å²) in [6, 6.07) is 8.03. The lowest BCUT2D eigenvalue weighted by Gasteiger charge is -2.34. The summed E-state index contributed by atoms with van der Waals surface area (Å²) in [7, 11) is 0. The minimum Gasteiger partial charge on any atom is -0.492 e.